The molecule has 1 aliphatic heterocycles. The zero-order chi connectivity index (χ0) is 16.4. The third-order valence-electron chi connectivity index (χ3n) is 4.06. The quantitative estimate of drug-likeness (QED) is 0.706. The molecule has 1 amide bonds. The van der Waals surface area contributed by atoms with E-state index in [4.69, 9.17) is 0 Å². The molecule has 0 atom stereocenters. The molecule has 1 aliphatic rings. The molecule has 0 aliphatic carbocycles. The maximum Gasteiger partial charge on any atom is 0.273 e. The summed E-state index contributed by atoms with van der Waals surface area (Å²) in [7, 11) is 0. The van der Waals surface area contributed by atoms with Gasteiger partial charge in [0.1, 0.15) is 18.3 Å². The normalized spacial score (nSPS) is 14.1. The molecule has 0 aromatic carbocycles. The molecule has 3 aromatic heterocycles. The molecular weight excluding hydrogens is 324 g/mol. The SMILES string of the molecule is O=C(c1cscn1)N1CCc2ncnc(-c3cncnc3)c2CC1. The number of hydrogen-bond donors (Lipinski definition) is 0. The average molecular weight is 338 g/mol. The van der Waals surface area contributed by atoms with Crippen LogP contribution in [0, 0.1) is 0 Å². The molecule has 3 aromatic rings. The Morgan fingerprint density at radius 1 is 1.04 bits per heavy atom. The second-order valence-corrected chi connectivity index (χ2v) is 6.16. The van der Waals surface area contributed by atoms with Crippen molar-refractivity contribution in [3.05, 3.63) is 52.9 Å². The Hall–Kier alpha value is -2.74. The maximum absolute atomic E-state index is 12.5. The first kappa shape index (κ1) is 14.8. The summed E-state index contributed by atoms with van der Waals surface area (Å²) in [4.78, 5) is 35.5. The lowest BCUT2D eigenvalue weighted by atomic mass is 10.0. The molecule has 4 rings (SSSR count). The van der Waals surface area contributed by atoms with Crippen molar-refractivity contribution in [3.8, 4) is 11.3 Å². The zero-order valence-corrected chi connectivity index (χ0v) is 13.6. The second-order valence-electron chi connectivity index (χ2n) is 5.44. The van der Waals surface area contributed by atoms with Crippen LogP contribution in [0.4, 0.5) is 0 Å². The number of thiazole rings is 1. The summed E-state index contributed by atoms with van der Waals surface area (Å²) >= 11 is 1.43. The minimum Gasteiger partial charge on any atom is -0.337 e. The Morgan fingerprint density at radius 3 is 2.67 bits per heavy atom. The molecule has 4 heterocycles. The van der Waals surface area contributed by atoms with E-state index in [0.29, 0.717) is 31.6 Å². The molecule has 0 radical (unpaired) electrons. The topological polar surface area (TPSA) is 84.8 Å². The summed E-state index contributed by atoms with van der Waals surface area (Å²) in [6, 6.07) is 0. The maximum atomic E-state index is 12.5. The highest BCUT2D eigenvalue weighted by Gasteiger charge is 2.23. The van der Waals surface area contributed by atoms with E-state index in [-0.39, 0.29) is 5.91 Å². The number of amides is 1. The van der Waals surface area contributed by atoms with Crippen LogP contribution in [0.3, 0.4) is 0 Å². The second kappa shape index (κ2) is 6.40. The van der Waals surface area contributed by atoms with Crippen LogP contribution in [-0.4, -0.2) is 48.8 Å². The smallest absolute Gasteiger partial charge is 0.273 e. The van der Waals surface area contributed by atoms with E-state index in [1.54, 1.807) is 29.6 Å². The summed E-state index contributed by atoms with van der Waals surface area (Å²) in [5.41, 5.74) is 5.96. The van der Waals surface area contributed by atoms with Crippen molar-refractivity contribution in [2.45, 2.75) is 12.8 Å². The third-order valence-corrected chi connectivity index (χ3v) is 4.64. The van der Waals surface area contributed by atoms with E-state index < -0.39 is 0 Å². The number of carbonyl (C=O) groups excluding carboxylic acids is 1. The van der Waals surface area contributed by atoms with Crippen molar-refractivity contribution in [1.29, 1.82) is 0 Å². The number of aromatic nitrogens is 5. The van der Waals surface area contributed by atoms with Gasteiger partial charge in [0.25, 0.3) is 5.91 Å². The highest BCUT2D eigenvalue weighted by Crippen LogP contribution is 2.25. The van der Waals surface area contributed by atoms with Crippen LogP contribution in [-0.2, 0) is 12.8 Å². The molecule has 0 saturated carbocycles. The first-order valence-corrected chi connectivity index (χ1v) is 8.53. The summed E-state index contributed by atoms with van der Waals surface area (Å²) < 4.78 is 0. The number of nitrogens with zero attached hydrogens (tertiary/aromatic N) is 6. The van der Waals surface area contributed by atoms with Gasteiger partial charge in [-0.25, -0.2) is 24.9 Å². The van der Waals surface area contributed by atoms with E-state index in [0.717, 1.165) is 22.5 Å². The van der Waals surface area contributed by atoms with Crippen molar-refractivity contribution < 1.29 is 4.79 Å². The summed E-state index contributed by atoms with van der Waals surface area (Å²) in [5.74, 6) is -0.0263. The molecule has 0 N–H and O–H groups in total. The van der Waals surface area contributed by atoms with Gasteiger partial charge in [0, 0.05) is 54.1 Å². The molecule has 8 heteroatoms. The van der Waals surface area contributed by atoms with E-state index in [9.17, 15) is 4.79 Å². The summed E-state index contributed by atoms with van der Waals surface area (Å²) in [6.07, 6.45) is 7.97. The van der Waals surface area contributed by atoms with Crippen LogP contribution >= 0.6 is 11.3 Å². The molecule has 120 valence electrons. The first-order valence-electron chi connectivity index (χ1n) is 7.58. The van der Waals surface area contributed by atoms with Crippen LogP contribution in [0.2, 0.25) is 0 Å². The fraction of sp³-hybridized carbons (Fsp3) is 0.250. The standard InChI is InChI=1S/C16H14N6OS/c23-16(14-7-24-10-21-14)22-3-1-12-13(2-4-22)19-9-20-15(12)11-5-17-8-18-6-11/h5-10H,1-4H2. The molecule has 7 nitrogen and oxygen atoms in total. The van der Waals surface area contributed by atoms with Gasteiger partial charge in [-0.3, -0.25) is 4.79 Å². The minimum absolute atomic E-state index is 0.0263. The van der Waals surface area contributed by atoms with Gasteiger partial charge in [0.05, 0.1) is 11.2 Å². The van der Waals surface area contributed by atoms with Crippen LogP contribution in [0.15, 0.2) is 35.9 Å². The van der Waals surface area contributed by atoms with E-state index >= 15 is 0 Å². The van der Waals surface area contributed by atoms with Crippen molar-refractivity contribution in [3.63, 3.8) is 0 Å². The van der Waals surface area contributed by atoms with Gasteiger partial charge in [-0.1, -0.05) is 0 Å². The third kappa shape index (κ3) is 2.76. The van der Waals surface area contributed by atoms with Gasteiger partial charge in [-0.15, -0.1) is 11.3 Å². The number of rotatable bonds is 2. The first-order chi connectivity index (χ1) is 11.8. The minimum atomic E-state index is -0.0263. The number of fused-ring (bicyclic) bond motifs is 1. The van der Waals surface area contributed by atoms with Gasteiger partial charge in [-0.05, 0) is 6.42 Å². The lowest BCUT2D eigenvalue weighted by Crippen LogP contribution is -2.33. The van der Waals surface area contributed by atoms with Crippen molar-refractivity contribution in [2.75, 3.05) is 13.1 Å². The predicted octanol–water partition coefficient (Wildman–Crippen LogP) is 1.63. The molecular formula is C16H14N6OS. The highest BCUT2D eigenvalue weighted by atomic mass is 32.1. The van der Waals surface area contributed by atoms with Gasteiger partial charge >= 0.3 is 0 Å². The van der Waals surface area contributed by atoms with Gasteiger partial charge in [0.2, 0.25) is 0 Å². The van der Waals surface area contributed by atoms with Gasteiger partial charge in [0.15, 0.2) is 0 Å². The molecule has 0 saturated heterocycles. The Kier molecular flexibility index (Phi) is 3.96. The Morgan fingerprint density at radius 2 is 1.88 bits per heavy atom. The van der Waals surface area contributed by atoms with Gasteiger partial charge in [-0.2, -0.15) is 0 Å². The molecule has 0 unspecified atom stereocenters. The highest BCUT2D eigenvalue weighted by molar-refractivity contribution is 7.07. The van der Waals surface area contributed by atoms with Crippen molar-refractivity contribution in [1.82, 2.24) is 29.8 Å². The van der Waals surface area contributed by atoms with Crippen LogP contribution in [0.25, 0.3) is 11.3 Å². The van der Waals surface area contributed by atoms with Crippen LogP contribution in [0.1, 0.15) is 21.7 Å². The fourth-order valence-electron chi connectivity index (χ4n) is 2.88. The fourth-order valence-corrected chi connectivity index (χ4v) is 3.41. The summed E-state index contributed by atoms with van der Waals surface area (Å²) in [5, 5.41) is 1.78. The number of hydrogen-bond acceptors (Lipinski definition) is 7. The molecule has 0 bridgehead atoms. The summed E-state index contributed by atoms with van der Waals surface area (Å²) in [6.45, 7) is 1.25. The Labute approximate surface area is 142 Å². The van der Waals surface area contributed by atoms with Gasteiger partial charge < -0.3 is 4.90 Å². The lowest BCUT2D eigenvalue weighted by Gasteiger charge is -2.18. The molecule has 0 spiro atoms. The zero-order valence-electron chi connectivity index (χ0n) is 12.8. The largest absolute Gasteiger partial charge is 0.337 e. The lowest BCUT2D eigenvalue weighted by molar-refractivity contribution is 0.0758. The predicted molar refractivity (Wildman–Crippen MR) is 88.5 cm³/mol. The van der Waals surface area contributed by atoms with Crippen molar-refractivity contribution in [2.24, 2.45) is 0 Å². The monoisotopic (exact) mass is 338 g/mol. The Balaban J connectivity index is 1.63. The van der Waals surface area contributed by atoms with E-state index in [1.807, 2.05) is 4.90 Å². The van der Waals surface area contributed by atoms with Crippen LogP contribution in [0.5, 0.6) is 0 Å². The van der Waals surface area contributed by atoms with Crippen LogP contribution < -0.4 is 0 Å². The molecule has 24 heavy (non-hydrogen) atoms. The van der Waals surface area contributed by atoms with E-state index in [1.165, 1.54) is 17.7 Å². The average Bonchev–Trinajstić information content (AvgIpc) is 3.08. The number of carbonyl (C=O) groups is 1. The molecule has 0 fully saturated rings. The Bertz CT molecular complexity index is 852. The van der Waals surface area contributed by atoms with E-state index in [2.05, 4.69) is 24.9 Å². The van der Waals surface area contributed by atoms with Crippen molar-refractivity contribution >= 4 is 17.2 Å².